The van der Waals surface area contributed by atoms with E-state index in [2.05, 4.69) is 24.3 Å². The van der Waals surface area contributed by atoms with Crippen molar-refractivity contribution in [3.05, 3.63) is 225 Å². The zero-order valence-electron chi connectivity index (χ0n) is 46.4. The molecule has 3 aromatic heterocycles. The summed E-state index contributed by atoms with van der Waals surface area (Å²) in [5.74, 6) is 0.219. The van der Waals surface area contributed by atoms with Crippen LogP contribution in [0.1, 0.15) is 61.5 Å². The summed E-state index contributed by atoms with van der Waals surface area (Å²) in [4.78, 5) is 9.84. The molecule has 12 rings (SSSR count). The Balaban J connectivity index is 1.16. The number of alkyl halides is 12. The van der Waals surface area contributed by atoms with Crippen molar-refractivity contribution in [2.45, 2.75) is 66.2 Å². The molecule has 0 fully saturated rings. The minimum atomic E-state index is -5.16. The fourth-order valence-corrected chi connectivity index (χ4v) is 11.8. The lowest BCUT2D eigenvalue weighted by molar-refractivity contribution is -0.143. The highest BCUT2D eigenvalue weighted by molar-refractivity contribution is 6.14. The van der Waals surface area contributed by atoms with E-state index >= 15 is 0 Å². The topological polar surface area (TPSA) is 59.4 Å². The predicted molar refractivity (Wildman–Crippen MR) is 311 cm³/mol. The van der Waals surface area contributed by atoms with Crippen molar-refractivity contribution in [1.82, 2.24) is 19.1 Å². The maximum absolute atomic E-state index is 14.3. The summed E-state index contributed by atoms with van der Waals surface area (Å²) in [6, 6.07) is 42.7. The van der Waals surface area contributed by atoms with Gasteiger partial charge >= 0.3 is 24.7 Å². The first-order valence-electron chi connectivity index (χ1n) is 26.8. The Morgan fingerprint density at radius 3 is 0.988 bits per heavy atom. The van der Waals surface area contributed by atoms with Crippen LogP contribution in [0.2, 0.25) is 0 Å². The zero-order chi connectivity index (χ0) is 61.3. The molecule has 3 heterocycles. The molecule has 0 amide bonds. The molecule has 0 saturated heterocycles. The molecule has 9 aromatic carbocycles. The van der Waals surface area contributed by atoms with E-state index in [4.69, 9.17) is 9.97 Å². The summed E-state index contributed by atoms with van der Waals surface area (Å²) in [6.45, 7) is 10.6. The number of nitrogens with zero attached hydrogens (tertiary/aromatic N) is 5. The van der Waals surface area contributed by atoms with E-state index in [1.807, 2.05) is 42.7 Å². The van der Waals surface area contributed by atoms with Crippen LogP contribution in [0.4, 0.5) is 52.7 Å². The van der Waals surface area contributed by atoms with Crippen LogP contribution in [0.3, 0.4) is 0 Å². The number of aromatic nitrogens is 4. The minimum Gasteiger partial charge on any atom is -0.308 e. The summed E-state index contributed by atoms with van der Waals surface area (Å²) in [5.41, 5.74) is 4.69. The van der Waals surface area contributed by atoms with Crippen LogP contribution in [0.15, 0.2) is 164 Å². The summed E-state index contributed by atoms with van der Waals surface area (Å²) < 4.78 is 175. The van der Waals surface area contributed by atoms with Crippen LogP contribution in [0.5, 0.6) is 0 Å². The Morgan fingerprint density at radius 1 is 0.326 bits per heavy atom. The lowest BCUT2D eigenvalue weighted by Gasteiger charge is -2.19. The lowest BCUT2D eigenvalue weighted by atomic mass is 9.96. The Morgan fingerprint density at radius 2 is 0.640 bits per heavy atom. The third-order valence-corrected chi connectivity index (χ3v) is 15.4. The number of aryl methyl sites for hydroxylation is 6. The molecule has 0 unspecified atom stereocenters. The Labute approximate surface area is 483 Å². The number of hydrogen-bond donors (Lipinski definition) is 0. The fraction of sp³-hybridized carbons (Fsp3) is 0.145. The maximum atomic E-state index is 14.3. The van der Waals surface area contributed by atoms with Gasteiger partial charge in [0.25, 0.3) is 0 Å². The number of rotatable bonds is 7. The van der Waals surface area contributed by atoms with Crippen LogP contribution in [-0.2, 0) is 24.7 Å². The van der Waals surface area contributed by atoms with E-state index in [1.165, 1.54) is 25.1 Å². The molecule has 86 heavy (non-hydrogen) atoms. The normalized spacial score (nSPS) is 12.5. The van der Waals surface area contributed by atoms with Crippen molar-refractivity contribution in [3.8, 4) is 73.3 Å². The predicted octanol–water partition coefficient (Wildman–Crippen LogP) is 20.8. The van der Waals surface area contributed by atoms with Gasteiger partial charge in [-0.05, 0) is 206 Å². The molecule has 0 bridgehead atoms. The van der Waals surface area contributed by atoms with Gasteiger partial charge in [-0.2, -0.15) is 57.9 Å². The van der Waals surface area contributed by atoms with Gasteiger partial charge in [0.15, 0.2) is 5.82 Å². The number of hydrogen-bond acceptors (Lipinski definition) is 3. The molecule has 0 N–H and O–H groups in total. The van der Waals surface area contributed by atoms with Gasteiger partial charge in [0.1, 0.15) is 6.07 Å². The Kier molecular flexibility index (Phi) is 13.4. The van der Waals surface area contributed by atoms with Crippen LogP contribution in [0.25, 0.3) is 111 Å². The van der Waals surface area contributed by atoms with Crippen molar-refractivity contribution in [2.24, 2.45) is 0 Å². The van der Waals surface area contributed by atoms with Gasteiger partial charge in [-0.25, -0.2) is 9.97 Å². The SMILES string of the molecule is Cc1cc(C)cc(-c2ccc3c(c2)c2cc(-c4cc(C)cc(C(F)(F)F)c4)ccc2n3-c2cc(C#N)c(-n3c4ccc(-c5cc(C)cc(C(F)(F)F)c5)cc4c4cc(-c5cc(C(F)(F)F)cc(C(F)(F)F)c5)ccc43)cc2-c2nc(C)cc(C)n2)c1. The van der Waals surface area contributed by atoms with Gasteiger partial charge in [0.2, 0.25) is 0 Å². The van der Waals surface area contributed by atoms with E-state index in [9.17, 15) is 57.9 Å². The molecular formula is C69H45F12N5. The standard InChI is InChI=1S/C69H45F12N5/c1-35-15-36(2)17-45(16-35)41-7-13-61-56(27-41)57-29-43(47-19-38(4)21-51(24-47)67(73,74)75)9-14-62(57)86(61)64-31-49(34-82)63(33-58(64)65-83-39(5)22-40(6)84-65)85-59-11-8-42(46-18-37(3)20-50(23-46)66(70,71)72)28-54(59)55-30-44(10-12-60(55)85)48-25-52(68(76,77)78)32-53(26-48)69(79,80)81/h7-33H,1-6H3. The van der Waals surface area contributed by atoms with Crippen molar-refractivity contribution < 1.29 is 52.7 Å². The van der Waals surface area contributed by atoms with Gasteiger partial charge in [-0.15, -0.1) is 0 Å². The van der Waals surface area contributed by atoms with E-state index in [1.54, 1.807) is 86.0 Å². The van der Waals surface area contributed by atoms with Crippen LogP contribution in [0, 0.1) is 52.9 Å². The van der Waals surface area contributed by atoms with E-state index in [-0.39, 0.29) is 39.7 Å². The van der Waals surface area contributed by atoms with Gasteiger partial charge in [0, 0.05) is 38.5 Å². The monoisotopic (exact) mass is 1170 g/mol. The van der Waals surface area contributed by atoms with Crippen LogP contribution >= 0.6 is 0 Å². The van der Waals surface area contributed by atoms with Crippen molar-refractivity contribution in [2.75, 3.05) is 0 Å². The molecule has 0 aliphatic heterocycles. The smallest absolute Gasteiger partial charge is 0.308 e. The zero-order valence-corrected chi connectivity index (χ0v) is 46.4. The highest BCUT2D eigenvalue weighted by Crippen LogP contribution is 2.46. The van der Waals surface area contributed by atoms with Crippen molar-refractivity contribution in [3.63, 3.8) is 0 Å². The molecule has 0 aliphatic rings. The number of fused-ring (bicyclic) bond motifs is 6. The molecule has 430 valence electrons. The lowest BCUT2D eigenvalue weighted by Crippen LogP contribution is -2.11. The van der Waals surface area contributed by atoms with Crippen molar-refractivity contribution >= 4 is 43.6 Å². The first kappa shape index (κ1) is 56.8. The molecule has 0 aliphatic carbocycles. The second-order valence-corrected chi connectivity index (χ2v) is 21.9. The molecule has 0 radical (unpaired) electrons. The second-order valence-electron chi connectivity index (χ2n) is 21.9. The third kappa shape index (κ3) is 10.4. The first-order valence-corrected chi connectivity index (χ1v) is 26.8. The van der Waals surface area contributed by atoms with Crippen LogP contribution < -0.4 is 0 Å². The van der Waals surface area contributed by atoms with Gasteiger partial charge in [0.05, 0.1) is 61.3 Å². The van der Waals surface area contributed by atoms with Crippen LogP contribution in [-0.4, -0.2) is 19.1 Å². The van der Waals surface area contributed by atoms with Gasteiger partial charge in [-0.3, -0.25) is 0 Å². The Bertz CT molecular complexity index is 4780. The van der Waals surface area contributed by atoms with E-state index in [0.717, 1.165) is 46.5 Å². The average Bonchev–Trinajstić information content (AvgIpc) is 1.58. The number of benzene rings is 9. The fourth-order valence-electron chi connectivity index (χ4n) is 11.8. The van der Waals surface area contributed by atoms with E-state index in [0.29, 0.717) is 101 Å². The molecule has 5 nitrogen and oxygen atoms in total. The number of halogens is 12. The highest BCUT2D eigenvalue weighted by atomic mass is 19.4. The molecular weight excluding hydrogens is 1130 g/mol. The third-order valence-electron chi connectivity index (χ3n) is 15.4. The quantitative estimate of drug-likeness (QED) is 0.149. The molecule has 12 aromatic rings. The molecule has 17 heteroatoms. The second kappa shape index (κ2) is 20.2. The molecule has 0 spiro atoms. The summed E-state index contributed by atoms with van der Waals surface area (Å²) >= 11 is 0. The average molecular weight is 1170 g/mol. The van der Waals surface area contributed by atoms with Gasteiger partial charge < -0.3 is 9.13 Å². The van der Waals surface area contributed by atoms with Crippen molar-refractivity contribution in [1.29, 1.82) is 5.26 Å². The van der Waals surface area contributed by atoms with Gasteiger partial charge in [-0.1, -0.05) is 65.7 Å². The number of nitriles is 1. The first-order chi connectivity index (χ1) is 40.5. The molecule has 0 saturated carbocycles. The summed E-state index contributed by atoms with van der Waals surface area (Å²) in [6.07, 6.45) is -19.7. The maximum Gasteiger partial charge on any atom is 0.416 e. The minimum absolute atomic E-state index is 0.0307. The van der Waals surface area contributed by atoms with E-state index < -0.39 is 52.5 Å². The Hall–Kier alpha value is -9.69. The summed E-state index contributed by atoms with van der Waals surface area (Å²) in [5, 5.41) is 13.4. The summed E-state index contributed by atoms with van der Waals surface area (Å²) in [7, 11) is 0. The highest BCUT2D eigenvalue weighted by Gasteiger charge is 2.38. The largest absolute Gasteiger partial charge is 0.416 e. The molecule has 0 atom stereocenters.